The van der Waals surface area contributed by atoms with E-state index in [-0.39, 0.29) is 16.4 Å². The molecular formula is C16H13NO3S. The first-order chi connectivity index (χ1) is 10.1. The molecule has 106 valence electrons. The lowest BCUT2D eigenvalue weighted by Gasteiger charge is -2.06. The van der Waals surface area contributed by atoms with Crippen molar-refractivity contribution in [2.24, 2.45) is 0 Å². The van der Waals surface area contributed by atoms with Crippen LogP contribution in [-0.2, 0) is 15.6 Å². The van der Waals surface area contributed by atoms with Gasteiger partial charge in [-0.1, -0.05) is 36.4 Å². The zero-order valence-electron chi connectivity index (χ0n) is 11.1. The first-order valence-corrected chi connectivity index (χ1v) is 8.07. The number of rotatable bonds is 3. The van der Waals surface area contributed by atoms with Crippen LogP contribution in [0.4, 0.5) is 0 Å². The first kappa shape index (κ1) is 13.6. The number of aromatic nitrogens is 1. The van der Waals surface area contributed by atoms with Gasteiger partial charge in [-0.05, 0) is 24.3 Å². The standard InChI is InChI=1S/C16H13NO3S/c18-15-8-4-5-12-9-10-13(17-16(12)15)11-21(19,20)14-6-2-1-3-7-14/h1-10,18H,11H2. The quantitative estimate of drug-likeness (QED) is 0.807. The van der Waals surface area contributed by atoms with Gasteiger partial charge in [-0.3, -0.25) is 0 Å². The van der Waals surface area contributed by atoms with Crippen LogP contribution in [0.25, 0.3) is 10.9 Å². The Balaban J connectivity index is 2.01. The number of nitrogens with zero attached hydrogens (tertiary/aromatic N) is 1. The van der Waals surface area contributed by atoms with Gasteiger partial charge in [-0.15, -0.1) is 0 Å². The van der Waals surface area contributed by atoms with Crippen LogP contribution in [0.1, 0.15) is 5.69 Å². The Kier molecular flexibility index (Phi) is 3.35. The molecule has 0 aliphatic rings. The molecule has 0 aliphatic heterocycles. The average Bonchev–Trinajstić information content (AvgIpc) is 2.49. The Hall–Kier alpha value is -2.40. The molecule has 1 aromatic heterocycles. The predicted molar refractivity (Wildman–Crippen MR) is 80.7 cm³/mol. The first-order valence-electron chi connectivity index (χ1n) is 6.42. The zero-order valence-corrected chi connectivity index (χ0v) is 11.9. The van der Waals surface area contributed by atoms with Crippen LogP contribution < -0.4 is 0 Å². The minimum absolute atomic E-state index is 0.0476. The summed E-state index contributed by atoms with van der Waals surface area (Å²) in [5.41, 5.74) is 0.825. The maximum absolute atomic E-state index is 12.3. The van der Waals surface area contributed by atoms with E-state index in [1.54, 1.807) is 48.5 Å². The molecule has 0 spiro atoms. The summed E-state index contributed by atoms with van der Waals surface area (Å²) in [5, 5.41) is 10.6. The maximum Gasteiger partial charge on any atom is 0.184 e. The SMILES string of the molecule is O=S(=O)(Cc1ccc2cccc(O)c2n1)c1ccccc1. The lowest BCUT2D eigenvalue weighted by Crippen LogP contribution is -2.06. The normalized spacial score (nSPS) is 11.6. The third-order valence-corrected chi connectivity index (χ3v) is 4.86. The molecule has 0 unspecified atom stereocenters. The van der Waals surface area contributed by atoms with Gasteiger partial charge in [0.25, 0.3) is 0 Å². The summed E-state index contributed by atoms with van der Waals surface area (Å²) in [5.74, 6) is -0.146. The fourth-order valence-electron chi connectivity index (χ4n) is 2.16. The molecule has 3 aromatic rings. The van der Waals surface area contributed by atoms with E-state index in [2.05, 4.69) is 4.98 Å². The highest BCUT2D eigenvalue weighted by atomic mass is 32.2. The summed E-state index contributed by atoms with van der Waals surface area (Å²) in [7, 11) is -3.44. The van der Waals surface area contributed by atoms with Crippen molar-refractivity contribution >= 4 is 20.7 Å². The van der Waals surface area contributed by atoms with Crippen molar-refractivity contribution in [2.45, 2.75) is 10.6 Å². The van der Waals surface area contributed by atoms with E-state index in [0.29, 0.717) is 11.2 Å². The van der Waals surface area contributed by atoms with Gasteiger partial charge in [0.15, 0.2) is 9.84 Å². The summed E-state index contributed by atoms with van der Waals surface area (Å²) in [4.78, 5) is 4.52. The van der Waals surface area contributed by atoms with Gasteiger partial charge in [-0.25, -0.2) is 13.4 Å². The number of hydrogen-bond acceptors (Lipinski definition) is 4. The minimum atomic E-state index is -3.44. The molecule has 2 aromatic carbocycles. The lowest BCUT2D eigenvalue weighted by atomic mass is 10.2. The second-order valence-corrected chi connectivity index (χ2v) is 6.71. The summed E-state index contributed by atoms with van der Waals surface area (Å²) in [6.07, 6.45) is 0. The van der Waals surface area contributed by atoms with Gasteiger partial charge in [0.1, 0.15) is 11.3 Å². The van der Waals surface area contributed by atoms with Crippen molar-refractivity contribution < 1.29 is 13.5 Å². The molecule has 0 amide bonds. The van der Waals surface area contributed by atoms with Gasteiger partial charge < -0.3 is 5.11 Å². The molecule has 0 saturated carbocycles. The van der Waals surface area contributed by atoms with Gasteiger partial charge >= 0.3 is 0 Å². The van der Waals surface area contributed by atoms with Crippen LogP contribution in [0, 0.1) is 0 Å². The van der Waals surface area contributed by atoms with Crippen molar-refractivity contribution in [3.63, 3.8) is 0 Å². The van der Waals surface area contributed by atoms with E-state index in [0.717, 1.165) is 5.39 Å². The molecule has 1 heterocycles. The number of benzene rings is 2. The van der Waals surface area contributed by atoms with Crippen LogP contribution in [0.3, 0.4) is 0 Å². The highest BCUT2D eigenvalue weighted by Crippen LogP contribution is 2.23. The molecule has 1 N–H and O–H groups in total. The smallest absolute Gasteiger partial charge is 0.184 e. The average molecular weight is 299 g/mol. The van der Waals surface area contributed by atoms with E-state index < -0.39 is 9.84 Å². The fraction of sp³-hybridized carbons (Fsp3) is 0.0625. The van der Waals surface area contributed by atoms with E-state index >= 15 is 0 Å². The molecule has 0 bridgehead atoms. The number of fused-ring (bicyclic) bond motifs is 1. The molecule has 0 fully saturated rings. The third-order valence-electron chi connectivity index (χ3n) is 3.20. The van der Waals surface area contributed by atoms with E-state index in [1.807, 2.05) is 6.07 Å². The summed E-state index contributed by atoms with van der Waals surface area (Å²) < 4.78 is 24.6. The van der Waals surface area contributed by atoms with Crippen molar-refractivity contribution in [3.8, 4) is 5.75 Å². The Labute approximate surface area is 122 Å². The highest BCUT2D eigenvalue weighted by molar-refractivity contribution is 7.90. The van der Waals surface area contributed by atoms with Gasteiger partial charge in [0.05, 0.1) is 16.3 Å². The zero-order chi connectivity index (χ0) is 14.9. The lowest BCUT2D eigenvalue weighted by molar-refractivity contribution is 0.480. The van der Waals surface area contributed by atoms with Crippen LogP contribution >= 0.6 is 0 Å². The number of aromatic hydroxyl groups is 1. The third kappa shape index (κ3) is 2.73. The monoisotopic (exact) mass is 299 g/mol. The Morgan fingerprint density at radius 1 is 0.905 bits per heavy atom. The summed E-state index contributed by atoms with van der Waals surface area (Å²) in [6, 6.07) is 16.8. The second kappa shape index (κ2) is 5.18. The molecule has 4 nitrogen and oxygen atoms in total. The van der Waals surface area contributed by atoms with Crippen molar-refractivity contribution in [3.05, 3.63) is 66.4 Å². The highest BCUT2D eigenvalue weighted by Gasteiger charge is 2.16. The number of phenols is 1. The van der Waals surface area contributed by atoms with E-state index in [1.165, 1.54) is 6.07 Å². The van der Waals surface area contributed by atoms with Crippen LogP contribution in [-0.4, -0.2) is 18.5 Å². The molecule has 0 aliphatic carbocycles. The van der Waals surface area contributed by atoms with Crippen LogP contribution in [0.2, 0.25) is 0 Å². The summed E-state index contributed by atoms with van der Waals surface area (Å²) in [6.45, 7) is 0. The molecule has 5 heteroatoms. The Morgan fingerprint density at radius 3 is 2.43 bits per heavy atom. The van der Waals surface area contributed by atoms with E-state index in [4.69, 9.17) is 0 Å². The molecule has 3 rings (SSSR count). The number of sulfone groups is 1. The van der Waals surface area contributed by atoms with Gasteiger partial charge in [0, 0.05) is 5.39 Å². The molecule has 21 heavy (non-hydrogen) atoms. The van der Waals surface area contributed by atoms with Crippen molar-refractivity contribution in [2.75, 3.05) is 0 Å². The predicted octanol–water partition coefficient (Wildman–Crippen LogP) is 2.91. The molecule has 0 atom stereocenters. The number of pyridine rings is 1. The topological polar surface area (TPSA) is 67.3 Å². The second-order valence-electron chi connectivity index (χ2n) is 4.72. The Bertz CT molecular complexity index is 890. The van der Waals surface area contributed by atoms with Gasteiger partial charge in [0.2, 0.25) is 0 Å². The van der Waals surface area contributed by atoms with Crippen molar-refractivity contribution in [1.82, 2.24) is 4.98 Å². The molecule has 0 radical (unpaired) electrons. The number of hydrogen-bond donors (Lipinski definition) is 1. The fourth-order valence-corrected chi connectivity index (χ4v) is 3.45. The number of phenolic OH excluding ortho intramolecular Hbond substituents is 1. The largest absolute Gasteiger partial charge is 0.506 e. The van der Waals surface area contributed by atoms with Crippen molar-refractivity contribution in [1.29, 1.82) is 0 Å². The minimum Gasteiger partial charge on any atom is -0.506 e. The van der Waals surface area contributed by atoms with Crippen LogP contribution in [0.5, 0.6) is 5.75 Å². The van der Waals surface area contributed by atoms with E-state index in [9.17, 15) is 13.5 Å². The Morgan fingerprint density at radius 2 is 1.67 bits per heavy atom. The molecule has 0 saturated heterocycles. The summed E-state index contributed by atoms with van der Waals surface area (Å²) >= 11 is 0. The molecular weight excluding hydrogens is 286 g/mol. The maximum atomic E-state index is 12.3. The number of para-hydroxylation sites is 1. The van der Waals surface area contributed by atoms with Gasteiger partial charge in [-0.2, -0.15) is 0 Å². The van der Waals surface area contributed by atoms with Crippen LogP contribution in [0.15, 0.2) is 65.6 Å².